The Labute approximate surface area is 162 Å². The van der Waals surface area contributed by atoms with Gasteiger partial charge in [0.15, 0.2) is 11.2 Å². The number of esters is 2. The average molecular weight is 382 g/mol. The predicted octanol–water partition coefficient (Wildman–Crippen LogP) is 3.61. The molecule has 1 aliphatic heterocycles. The molecule has 0 atom stereocenters. The lowest BCUT2D eigenvalue weighted by molar-refractivity contribution is -0.182. The van der Waals surface area contributed by atoms with Crippen LogP contribution in [0.3, 0.4) is 0 Å². The van der Waals surface area contributed by atoms with E-state index in [0.717, 1.165) is 44.8 Å². The largest absolute Gasteiger partial charge is 0.468 e. The standard InChI is InChI=1S/C21H34O6/c1-24-18(22)20(19(23)25-2)10-6-16(7-11-20)4-3-5-17-8-12-21(13-9-17)26-14-15-27-21/h16-17H,3-15H2,1-2H3. The minimum absolute atomic E-state index is 0.259. The third kappa shape index (κ3) is 4.48. The summed E-state index contributed by atoms with van der Waals surface area (Å²) < 4.78 is 21.4. The van der Waals surface area contributed by atoms with Gasteiger partial charge in [0.1, 0.15) is 0 Å². The molecular weight excluding hydrogens is 348 g/mol. The normalized spacial score (nSPS) is 27.4. The molecule has 3 aliphatic rings. The number of methoxy groups -OCH3 is 2. The highest BCUT2D eigenvalue weighted by Gasteiger charge is 2.50. The maximum absolute atomic E-state index is 12.2. The predicted molar refractivity (Wildman–Crippen MR) is 98.9 cm³/mol. The molecule has 0 unspecified atom stereocenters. The van der Waals surface area contributed by atoms with E-state index in [1.807, 2.05) is 0 Å². The van der Waals surface area contributed by atoms with E-state index in [9.17, 15) is 9.59 Å². The van der Waals surface area contributed by atoms with Gasteiger partial charge in [-0.15, -0.1) is 0 Å². The van der Waals surface area contributed by atoms with Gasteiger partial charge in [0, 0.05) is 12.8 Å². The maximum atomic E-state index is 12.2. The van der Waals surface area contributed by atoms with Crippen LogP contribution in [-0.4, -0.2) is 45.2 Å². The summed E-state index contributed by atoms with van der Waals surface area (Å²) in [7, 11) is 2.68. The fourth-order valence-electron chi connectivity index (χ4n) is 5.23. The van der Waals surface area contributed by atoms with E-state index in [4.69, 9.17) is 18.9 Å². The lowest BCUT2D eigenvalue weighted by Gasteiger charge is -2.36. The third-order valence-electron chi connectivity index (χ3n) is 7.02. The van der Waals surface area contributed by atoms with Gasteiger partial charge in [-0.3, -0.25) is 9.59 Å². The minimum atomic E-state index is -1.08. The van der Waals surface area contributed by atoms with Crippen LogP contribution in [0.1, 0.15) is 70.6 Å². The van der Waals surface area contributed by atoms with Crippen LogP contribution in [0.4, 0.5) is 0 Å². The first kappa shape index (κ1) is 20.6. The number of carbonyl (C=O) groups excluding carboxylic acids is 2. The Hall–Kier alpha value is -1.14. The molecule has 0 radical (unpaired) electrons. The molecule has 1 saturated heterocycles. The van der Waals surface area contributed by atoms with Crippen molar-refractivity contribution in [2.75, 3.05) is 27.4 Å². The van der Waals surface area contributed by atoms with Crippen molar-refractivity contribution in [3.63, 3.8) is 0 Å². The zero-order chi connectivity index (χ0) is 19.3. The van der Waals surface area contributed by atoms with Gasteiger partial charge in [-0.2, -0.15) is 0 Å². The fraction of sp³-hybridized carbons (Fsp3) is 0.905. The topological polar surface area (TPSA) is 71.1 Å². The molecule has 0 aromatic heterocycles. The molecule has 3 fully saturated rings. The SMILES string of the molecule is COC(=O)C1(C(=O)OC)CCC(CCCC2CCC3(CC2)OCCO3)CC1. The Bertz CT molecular complexity index is 489. The molecule has 2 saturated carbocycles. The zero-order valence-corrected chi connectivity index (χ0v) is 16.8. The second-order valence-corrected chi connectivity index (χ2v) is 8.49. The van der Waals surface area contributed by atoms with E-state index in [2.05, 4.69) is 0 Å². The highest BCUT2D eigenvalue weighted by atomic mass is 16.7. The molecule has 0 N–H and O–H groups in total. The Morgan fingerprint density at radius 2 is 1.26 bits per heavy atom. The van der Waals surface area contributed by atoms with Crippen LogP contribution in [0.15, 0.2) is 0 Å². The monoisotopic (exact) mass is 382 g/mol. The molecule has 6 heteroatoms. The van der Waals surface area contributed by atoms with E-state index >= 15 is 0 Å². The quantitative estimate of drug-likeness (QED) is 0.516. The first-order chi connectivity index (χ1) is 13.0. The van der Waals surface area contributed by atoms with E-state index in [0.29, 0.717) is 18.8 Å². The molecule has 0 aromatic rings. The summed E-state index contributed by atoms with van der Waals surface area (Å²) in [6, 6.07) is 0. The molecule has 0 aromatic carbocycles. The Morgan fingerprint density at radius 3 is 1.70 bits per heavy atom. The first-order valence-corrected chi connectivity index (χ1v) is 10.5. The Morgan fingerprint density at radius 1 is 0.815 bits per heavy atom. The van der Waals surface area contributed by atoms with Crippen molar-refractivity contribution < 1.29 is 28.5 Å². The summed E-state index contributed by atoms with van der Waals surface area (Å²) in [6.45, 7) is 1.48. The van der Waals surface area contributed by atoms with Crippen LogP contribution in [0, 0.1) is 17.3 Å². The van der Waals surface area contributed by atoms with E-state index in [1.165, 1.54) is 46.3 Å². The van der Waals surface area contributed by atoms with Crippen LogP contribution in [-0.2, 0) is 28.5 Å². The van der Waals surface area contributed by atoms with Crippen LogP contribution in [0.25, 0.3) is 0 Å². The van der Waals surface area contributed by atoms with Crippen LogP contribution >= 0.6 is 0 Å². The molecule has 27 heavy (non-hydrogen) atoms. The summed E-state index contributed by atoms with van der Waals surface area (Å²) >= 11 is 0. The first-order valence-electron chi connectivity index (χ1n) is 10.5. The van der Waals surface area contributed by atoms with Gasteiger partial charge in [-0.1, -0.05) is 19.3 Å². The second kappa shape index (κ2) is 8.91. The summed E-state index contributed by atoms with van der Waals surface area (Å²) in [5.74, 6) is 0.214. The molecule has 1 heterocycles. The van der Waals surface area contributed by atoms with Gasteiger partial charge >= 0.3 is 11.9 Å². The molecular formula is C21H34O6. The van der Waals surface area contributed by atoms with Crippen molar-refractivity contribution in [1.29, 1.82) is 0 Å². The van der Waals surface area contributed by atoms with Crippen LogP contribution in [0.5, 0.6) is 0 Å². The number of carbonyl (C=O) groups is 2. The van der Waals surface area contributed by atoms with Crippen molar-refractivity contribution in [3.05, 3.63) is 0 Å². The highest BCUT2D eigenvalue weighted by Crippen LogP contribution is 2.44. The summed E-state index contributed by atoms with van der Waals surface area (Å²) in [4.78, 5) is 24.4. The molecule has 0 amide bonds. The van der Waals surface area contributed by atoms with E-state index < -0.39 is 17.4 Å². The fourth-order valence-corrected chi connectivity index (χ4v) is 5.23. The van der Waals surface area contributed by atoms with Crippen molar-refractivity contribution in [2.24, 2.45) is 17.3 Å². The van der Waals surface area contributed by atoms with Gasteiger partial charge in [0.25, 0.3) is 0 Å². The Kier molecular flexibility index (Phi) is 6.79. The number of hydrogen-bond acceptors (Lipinski definition) is 6. The lowest BCUT2D eigenvalue weighted by atomic mass is 9.69. The maximum Gasteiger partial charge on any atom is 0.323 e. The molecule has 1 spiro atoms. The molecule has 2 aliphatic carbocycles. The van der Waals surface area contributed by atoms with Crippen LogP contribution in [0.2, 0.25) is 0 Å². The van der Waals surface area contributed by atoms with Gasteiger partial charge in [-0.05, 0) is 50.4 Å². The molecule has 6 nitrogen and oxygen atoms in total. The van der Waals surface area contributed by atoms with Gasteiger partial charge in [-0.25, -0.2) is 0 Å². The van der Waals surface area contributed by atoms with Gasteiger partial charge < -0.3 is 18.9 Å². The number of ether oxygens (including phenoxy) is 4. The smallest absolute Gasteiger partial charge is 0.323 e. The summed E-state index contributed by atoms with van der Waals surface area (Å²) in [6.07, 6.45) is 10.9. The van der Waals surface area contributed by atoms with Crippen molar-refractivity contribution in [2.45, 2.75) is 76.4 Å². The molecule has 3 rings (SSSR count). The Balaban J connectivity index is 1.38. The zero-order valence-electron chi connectivity index (χ0n) is 16.8. The summed E-state index contributed by atoms with van der Waals surface area (Å²) in [5, 5.41) is 0. The highest BCUT2D eigenvalue weighted by molar-refractivity contribution is 6.00. The van der Waals surface area contributed by atoms with Crippen molar-refractivity contribution >= 4 is 11.9 Å². The molecule has 0 bridgehead atoms. The van der Waals surface area contributed by atoms with Gasteiger partial charge in [0.05, 0.1) is 27.4 Å². The number of rotatable bonds is 6. The summed E-state index contributed by atoms with van der Waals surface area (Å²) in [5.41, 5.74) is -1.08. The van der Waals surface area contributed by atoms with Crippen molar-refractivity contribution in [1.82, 2.24) is 0 Å². The second-order valence-electron chi connectivity index (χ2n) is 8.49. The van der Waals surface area contributed by atoms with E-state index in [-0.39, 0.29) is 5.79 Å². The minimum Gasteiger partial charge on any atom is -0.468 e. The lowest BCUT2D eigenvalue weighted by Crippen LogP contribution is -2.44. The average Bonchev–Trinajstić information content (AvgIpc) is 3.17. The molecule has 154 valence electrons. The third-order valence-corrected chi connectivity index (χ3v) is 7.02. The van der Waals surface area contributed by atoms with Crippen molar-refractivity contribution in [3.8, 4) is 0 Å². The number of hydrogen-bond donors (Lipinski definition) is 0. The van der Waals surface area contributed by atoms with Crippen LogP contribution < -0.4 is 0 Å². The van der Waals surface area contributed by atoms with Gasteiger partial charge in [0.2, 0.25) is 0 Å². The van der Waals surface area contributed by atoms with E-state index in [1.54, 1.807) is 0 Å².